The first-order valence-corrected chi connectivity index (χ1v) is 6.10. The number of nitrogens with one attached hydrogen (secondary N) is 1. The number of rotatable bonds is 7. The second-order valence-electron chi connectivity index (χ2n) is 4.68. The van der Waals surface area contributed by atoms with Crippen molar-refractivity contribution in [1.29, 1.82) is 0 Å². The zero-order valence-corrected chi connectivity index (χ0v) is 11.2. The first kappa shape index (κ1) is 15.7. The van der Waals surface area contributed by atoms with E-state index in [0.29, 0.717) is 18.9 Å². The highest BCUT2D eigenvalue weighted by molar-refractivity contribution is 5.74. The maximum atomic E-state index is 11.7. The van der Waals surface area contributed by atoms with Crippen molar-refractivity contribution in [3.63, 3.8) is 0 Å². The molecule has 2 amide bonds. The number of amides is 2. The number of nitrogens with zero attached hydrogens (tertiary/aromatic N) is 1. The summed E-state index contributed by atoms with van der Waals surface area (Å²) in [5, 5.41) is 11.3. The molecule has 0 bridgehead atoms. The Morgan fingerprint density at radius 1 is 1.35 bits per heavy atom. The van der Waals surface area contributed by atoms with Gasteiger partial charge in [-0.3, -0.25) is 4.79 Å². The lowest BCUT2D eigenvalue weighted by molar-refractivity contribution is -0.137. The van der Waals surface area contributed by atoms with Crippen LogP contribution >= 0.6 is 0 Å². The zero-order valence-electron chi connectivity index (χ0n) is 11.2. The quantitative estimate of drug-likeness (QED) is 0.719. The second-order valence-corrected chi connectivity index (χ2v) is 4.68. The molecule has 0 aromatic carbocycles. The molecular weight excluding hydrogens is 220 g/mol. The Bertz CT molecular complexity index is 256. The lowest BCUT2D eigenvalue weighted by Gasteiger charge is -2.23. The minimum absolute atomic E-state index is 0.0799. The summed E-state index contributed by atoms with van der Waals surface area (Å²) < 4.78 is 0. The molecule has 0 heterocycles. The van der Waals surface area contributed by atoms with Crippen molar-refractivity contribution >= 4 is 12.0 Å². The van der Waals surface area contributed by atoms with E-state index < -0.39 is 5.97 Å². The van der Waals surface area contributed by atoms with E-state index in [9.17, 15) is 9.59 Å². The van der Waals surface area contributed by atoms with Crippen LogP contribution in [0.5, 0.6) is 0 Å². The van der Waals surface area contributed by atoms with Crippen LogP contribution in [0.3, 0.4) is 0 Å². The van der Waals surface area contributed by atoms with E-state index in [0.717, 1.165) is 6.42 Å². The molecule has 2 atom stereocenters. The molecule has 5 nitrogen and oxygen atoms in total. The summed E-state index contributed by atoms with van der Waals surface area (Å²) in [5.74, 6) is -0.362. The largest absolute Gasteiger partial charge is 0.481 e. The summed E-state index contributed by atoms with van der Waals surface area (Å²) in [6, 6.07) is -0.249. The van der Waals surface area contributed by atoms with E-state index in [2.05, 4.69) is 19.2 Å². The van der Waals surface area contributed by atoms with E-state index in [1.165, 1.54) is 0 Å². The van der Waals surface area contributed by atoms with Crippen LogP contribution < -0.4 is 5.32 Å². The number of carboxylic acid groups (broad SMARTS) is 1. The molecule has 0 aliphatic heterocycles. The summed E-state index contributed by atoms with van der Waals surface area (Å²) >= 11 is 0. The molecule has 2 N–H and O–H groups in total. The van der Waals surface area contributed by atoms with Crippen LogP contribution in [0.1, 0.15) is 40.0 Å². The molecule has 0 saturated carbocycles. The molecule has 0 saturated heterocycles. The van der Waals surface area contributed by atoms with Crippen molar-refractivity contribution in [2.75, 3.05) is 13.6 Å². The molecule has 0 aliphatic rings. The standard InChI is InChI=1S/C12H24N2O3/c1-5-9(2)8-14(4)12(17)13-10(3)6-7-11(15)16/h9-10H,5-8H2,1-4H3,(H,13,17)(H,15,16). The van der Waals surface area contributed by atoms with Crippen molar-refractivity contribution in [2.45, 2.75) is 46.1 Å². The van der Waals surface area contributed by atoms with Gasteiger partial charge < -0.3 is 15.3 Å². The lowest BCUT2D eigenvalue weighted by Crippen LogP contribution is -2.43. The smallest absolute Gasteiger partial charge is 0.317 e. The lowest BCUT2D eigenvalue weighted by atomic mass is 10.1. The Balaban J connectivity index is 3.94. The monoisotopic (exact) mass is 244 g/mol. The summed E-state index contributed by atoms with van der Waals surface area (Å²) in [4.78, 5) is 23.7. The molecule has 2 unspecified atom stereocenters. The average Bonchev–Trinajstić information content (AvgIpc) is 2.25. The Labute approximate surface area is 103 Å². The van der Waals surface area contributed by atoms with Crippen molar-refractivity contribution in [2.24, 2.45) is 5.92 Å². The van der Waals surface area contributed by atoms with Crippen molar-refractivity contribution in [1.82, 2.24) is 10.2 Å². The van der Waals surface area contributed by atoms with E-state index in [-0.39, 0.29) is 18.5 Å². The van der Waals surface area contributed by atoms with Crippen LogP contribution in [0.4, 0.5) is 4.79 Å². The maximum Gasteiger partial charge on any atom is 0.317 e. The number of carbonyl (C=O) groups excluding carboxylic acids is 1. The van der Waals surface area contributed by atoms with E-state index in [1.807, 2.05) is 6.92 Å². The average molecular weight is 244 g/mol. The molecule has 0 aromatic rings. The predicted octanol–water partition coefficient (Wildman–Crippen LogP) is 1.93. The fourth-order valence-corrected chi connectivity index (χ4v) is 1.41. The van der Waals surface area contributed by atoms with Crippen LogP contribution in [0, 0.1) is 5.92 Å². The van der Waals surface area contributed by atoms with Gasteiger partial charge in [0.15, 0.2) is 0 Å². The van der Waals surface area contributed by atoms with Gasteiger partial charge >= 0.3 is 12.0 Å². The van der Waals surface area contributed by atoms with E-state index >= 15 is 0 Å². The highest BCUT2D eigenvalue weighted by atomic mass is 16.4. The zero-order chi connectivity index (χ0) is 13.4. The van der Waals surface area contributed by atoms with Gasteiger partial charge in [-0.1, -0.05) is 20.3 Å². The van der Waals surface area contributed by atoms with Gasteiger partial charge in [0.1, 0.15) is 0 Å². The molecule has 0 rings (SSSR count). The Kier molecular flexibility index (Phi) is 7.34. The van der Waals surface area contributed by atoms with Crippen LogP contribution in [-0.2, 0) is 4.79 Å². The fourth-order valence-electron chi connectivity index (χ4n) is 1.41. The van der Waals surface area contributed by atoms with Crippen molar-refractivity contribution < 1.29 is 14.7 Å². The number of carboxylic acids is 1. The van der Waals surface area contributed by atoms with Crippen LogP contribution in [0.25, 0.3) is 0 Å². The van der Waals surface area contributed by atoms with Gasteiger partial charge in [-0.2, -0.15) is 0 Å². The van der Waals surface area contributed by atoms with Gasteiger partial charge in [0.2, 0.25) is 0 Å². The van der Waals surface area contributed by atoms with Gasteiger partial charge in [-0.05, 0) is 19.3 Å². The number of aliphatic carboxylic acids is 1. The minimum atomic E-state index is -0.834. The molecule has 0 aliphatic carbocycles. The SMILES string of the molecule is CCC(C)CN(C)C(=O)NC(C)CCC(=O)O. The molecular formula is C12H24N2O3. The van der Waals surface area contributed by atoms with Crippen LogP contribution in [0.15, 0.2) is 0 Å². The third-order valence-electron chi connectivity index (χ3n) is 2.79. The van der Waals surface area contributed by atoms with E-state index in [1.54, 1.807) is 11.9 Å². The Hall–Kier alpha value is -1.26. The second kappa shape index (κ2) is 7.92. The Morgan fingerprint density at radius 2 is 1.94 bits per heavy atom. The number of urea groups is 1. The molecule has 0 fully saturated rings. The minimum Gasteiger partial charge on any atom is -0.481 e. The number of hydrogen-bond donors (Lipinski definition) is 2. The first-order chi connectivity index (χ1) is 7.86. The summed E-state index contributed by atoms with van der Waals surface area (Å²) in [6.07, 6.45) is 1.57. The molecule has 100 valence electrons. The summed E-state index contributed by atoms with van der Waals surface area (Å²) in [6.45, 7) is 6.72. The highest BCUT2D eigenvalue weighted by Crippen LogP contribution is 2.03. The third-order valence-corrected chi connectivity index (χ3v) is 2.79. The fraction of sp³-hybridized carbons (Fsp3) is 0.833. The van der Waals surface area contributed by atoms with Gasteiger partial charge in [0, 0.05) is 26.1 Å². The molecule has 0 aromatic heterocycles. The van der Waals surface area contributed by atoms with Gasteiger partial charge in [-0.15, -0.1) is 0 Å². The van der Waals surface area contributed by atoms with Crippen LogP contribution in [-0.4, -0.2) is 41.6 Å². The van der Waals surface area contributed by atoms with Crippen molar-refractivity contribution in [3.05, 3.63) is 0 Å². The van der Waals surface area contributed by atoms with Crippen molar-refractivity contribution in [3.8, 4) is 0 Å². The summed E-state index contributed by atoms with van der Waals surface area (Å²) in [5.41, 5.74) is 0. The van der Waals surface area contributed by atoms with Gasteiger partial charge in [0.25, 0.3) is 0 Å². The van der Waals surface area contributed by atoms with Crippen LogP contribution in [0.2, 0.25) is 0 Å². The molecule has 5 heteroatoms. The summed E-state index contributed by atoms with van der Waals surface area (Å²) in [7, 11) is 1.76. The van der Waals surface area contributed by atoms with Gasteiger partial charge in [-0.25, -0.2) is 4.79 Å². The molecule has 0 spiro atoms. The number of carbonyl (C=O) groups is 2. The molecule has 17 heavy (non-hydrogen) atoms. The van der Waals surface area contributed by atoms with Gasteiger partial charge in [0.05, 0.1) is 0 Å². The van der Waals surface area contributed by atoms with E-state index in [4.69, 9.17) is 5.11 Å². The maximum absolute atomic E-state index is 11.7. The highest BCUT2D eigenvalue weighted by Gasteiger charge is 2.14. The predicted molar refractivity (Wildman–Crippen MR) is 66.9 cm³/mol. The topological polar surface area (TPSA) is 69.6 Å². The Morgan fingerprint density at radius 3 is 2.41 bits per heavy atom. The third kappa shape index (κ3) is 7.60. The first-order valence-electron chi connectivity index (χ1n) is 6.10. The molecule has 0 radical (unpaired) electrons. The number of hydrogen-bond acceptors (Lipinski definition) is 2. The normalized spacial score (nSPS) is 13.9.